The van der Waals surface area contributed by atoms with Crippen molar-refractivity contribution in [2.45, 2.75) is 25.7 Å². The van der Waals surface area contributed by atoms with E-state index in [1.165, 1.54) is 5.56 Å². The van der Waals surface area contributed by atoms with E-state index in [4.69, 9.17) is 9.84 Å². The van der Waals surface area contributed by atoms with Crippen LogP contribution < -0.4 is 10.6 Å². The summed E-state index contributed by atoms with van der Waals surface area (Å²) in [7, 11) is 0. The fourth-order valence-corrected chi connectivity index (χ4v) is 2.60. The summed E-state index contributed by atoms with van der Waals surface area (Å²) in [5.41, 5.74) is 3.08. The molecule has 0 unspecified atom stereocenters. The number of aliphatic hydroxyl groups is 1. The Labute approximate surface area is 117 Å². The Hall–Kier alpha value is -1.85. The number of fused-ring (bicyclic) bond motifs is 1. The number of amides is 2. The molecule has 20 heavy (non-hydrogen) atoms. The first-order valence-corrected chi connectivity index (χ1v) is 6.81. The van der Waals surface area contributed by atoms with Crippen molar-refractivity contribution < 1.29 is 14.6 Å². The normalized spacial score (nSPS) is 23.6. The van der Waals surface area contributed by atoms with Crippen LogP contribution in [0.4, 0.5) is 10.5 Å². The lowest BCUT2D eigenvalue weighted by molar-refractivity contribution is 0.134. The van der Waals surface area contributed by atoms with Crippen LogP contribution in [0, 0.1) is 5.92 Å². The molecule has 2 amide bonds. The third-order valence-corrected chi connectivity index (χ3v) is 3.70. The molecule has 1 aliphatic heterocycles. The third kappa shape index (κ3) is 2.84. The van der Waals surface area contributed by atoms with Crippen LogP contribution in [0.2, 0.25) is 0 Å². The standard InChI is InChI=1S/C15H18N2O3/c18-7-10-1-3-13(5-10)16-15(19)17-14-4-2-11-8-20-9-12(11)6-14/h1-4,6,10,13,18H,5,7-9H2,(H2,16,17,19)/t10-,13+/m0/s1. The van der Waals surface area contributed by atoms with E-state index in [1.807, 2.05) is 30.4 Å². The van der Waals surface area contributed by atoms with Gasteiger partial charge in [0.2, 0.25) is 0 Å². The first-order chi connectivity index (χ1) is 9.74. The summed E-state index contributed by atoms with van der Waals surface area (Å²) < 4.78 is 5.35. The Kier molecular flexibility index (Phi) is 3.71. The van der Waals surface area contributed by atoms with Crippen LogP contribution >= 0.6 is 0 Å². The largest absolute Gasteiger partial charge is 0.396 e. The van der Waals surface area contributed by atoms with Crippen molar-refractivity contribution in [1.82, 2.24) is 5.32 Å². The van der Waals surface area contributed by atoms with E-state index in [2.05, 4.69) is 10.6 Å². The summed E-state index contributed by atoms with van der Waals surface area (Å²) in [6.45, 7) is 1.38. The molecule has 2 aliphatic rings. The minimum Gasteiger partial charge on any atom is -0.396 e. The van der Waals surface area contributed by atoms with Gasteiger partial charge in [0.15, 0.2) is 0 Å². The summed E-state index contributed by atoms with van der Waals surface area (Å²) in [4.78, 5) is 11.9. The maximum atomic E-state index is 11.9. The molecule has 0 saturated heterocycles. The van der Waals surface area contributed by atoms with E-state index in [1.54, 1.807) is 0 Å². The average Bonchev–Trinajstić information content (AvgIpc) is 3.06. The van der Waals surface area contributed by atoms with Gasteiger partial charge in [-0.1, -0.05) is 18.2 Å². The maximum Gasteiger partial charge on any atom is 0.319 e. The minimum atomic E-state index is -0.225. The van der Waals surface area contributed by atoms with Gasteiger partial charge in [-0.15, -0.1) is 0 Å². The number of ether oxygens (including phenoxy) is 1. The highest BCUT2D eigenvalue weighted by molar-refractivity contribution is 5.89. The summed E-state index contributed by atoms with van der Waals surface area (Å²) in [5, 5.41) is 14.8. The predicted octanol–water partition coefficient (Wildman–Crippen LogP) is 1.78. The van der Waals surface area contributed by atoms with Gasteiger partial charge in [0.25, 0.3) is 0 Å². The van der Waals surface area contributed by atoms with Gasteiger partial charge in [-0.3, -0.25) is 0 Å². The fraction of sp³-hybridized carbons (Fsp3) is 0.400. The molecular formula is C15H18N2O3. The monoisotopic (exact) mass is 274 g/mol. The van der Waals surface area contributed by atoms with Crippen LogP contribution in [0.25, 0.3) is 0 Å². The van der Waals surface area contributed by atoms with E-state index in [0.717, 1.165) is 17.7 Å². The number of rotatable bonds is 3. The molecule has 0 aromatic heterocycles. The van der Waals surface area contributed by atoms with Gasteiger partial charge in [-0.05, 0) is 29.7 Å². The van der Waals surface area contributed by atoms with E-state index in [0.29, 0.717) is 13.2 Å². The molecule has 3 rings (SSSR count). The van der Waals surface area contributed by atoms with Crippen LogP contribution in [0.15, 0.2) is 30.4 Å². The zero-order valence-electron chi connectivity index (χ0n) is 11.1. The van der Waals surface area contributed by atoms with Gasteiger partial charge < -0.3 is 20.5 Å². The molecule has 1 aliphatic carbocycles. The maximum absolute atomic E-state index is 11.9. The molecule has 0 spiro atoms. The molecule has 0 fully saturated rings. The summed E-state index contributed by atoms with van der Waals surface area (Å²) in [6.07, 6.45) is 4.62. The van der Waals surface area contributed by atoms with Crippen molar-refractivity contribution in [2.75, 3.05) is 11.9 Å². The summed E-state index contributed by atoms with van der Waals surface area (Å²) in [5.74, 6) is 0.150. The topological polar surface area (TPSA) is 70.6 Å². The first kappa shape index (κ1) is 13.1. The molecule has 0 saturated carbocycles. The van der Waals surface area contributed by atoms with Gasteiger partial charge in [0.1, 0.15) is 0 Å². The molecule has 3 N–H and O–H groups in total. The molecule has 2 atom stereocenters. The zero-order valence-corrected chi connectivity index (χ0v) is 11.1. The molecule has 0 bridgehead atoms. The van der Waals surface area contributed by atoms with Gasteiger partial charge in [-0.2, -0.15) is 0 Å². The van der Waals surface area contributed by atoms with Crippen LogP contribution in [0.5, 0.6) is 0 Å². The second kappa shape index (κ2) is 5.64. The van der Waals surface area contributed by atoms with Crippen molar-refractivity contribution >= 4 is 11.7 Å². The molecule has 0 radical (unpaired) electrons. The SMILES string of the molecule is O=C(Nc1ccc2c(c1)COC2)N[C@@H]1C=C[C@H](CO)C1. The Morgan fingerprint density at radius 3 is 2.95 bits per heavy atom. The number of hydrogen-bond donors (Lipinski definition) is 3. The summed E-state index contributed by atoms with van der Waals surface area (Å²) >= 11 is 0. The van der Waals surface area contributed by atoms with Crippen LogP contribution in [0.1, 0.15) is 17.5 Å². The number of carbonyl (C=O) groups excluding carboxylic acids is 1. The fourth-order valence-electron chi connectivity index (χ4n) is 2.60. The zero-order chi connectivity index (χ0) is 13.9. The predicted molar refractivity (Wildman–Crippen MR) is 75.2 cm³/mol. The third-order valence-electron chi connectivity index (χ3n) is 3.70. The Balaban J connectivity index is 1.55. The number of aliphatic hydroxyl groups excluding tert-OH is 1. The molecule has 1 heterocycles. The van der Waals surface area contributed by atoms with Crippen molar-refractivity contribution in [1.29, 1.82) is 0 Å². The first-order valence-electron chi connectivity index (χ1n) is 6.81. The lowest BCUT2D eigenvalue weighted by Crippen LogP contribution is -2.36. The highest BCUT2D eigenvalue weighted by atomic mass is 16.5. The van der Waals surface area contributed by atoms with Gasteiger partial charge in [0.05, 0.1) is 13.2 Å². The van der Waals surface area contributed by atoms with Gasteiger partial charge in [0, 0.05) is 24.3 Å². The number of carbonyl (C=O) groups is 1. The van der Waals surface area contributed by atoms with Crippen molar-refractivity contribution in [2.24, 2.45) is 5.92 Å². The van der Waals surface area contributed by atoms with Gasteiger partial charge in [-0.25, -0.2) is 4.79 Å². The highest BCUT2D eigenvalue weighted by Gasteiger charge is 2.20. The smallest absolute Gasteiger partial charge is 0.319 e. The lowest BCUT2D eigenvalue weighted by Gasteiger charge is -2.14. The van der Waals surface area contributed by atoms with E-state index >= 15 is 0 Å². The molecule has 106 valence electrons. The minimum absolute atomic E-state index is 0.00934. The average molecular weight is 274 g/mol. The van der Waals surface area contributed by atoms with Crippen molar-refractivity contribution in [3.8, 4) is 0 Å². The molecule has 1 aromatic carbocycles. The van der Waals surface area contributed by atoms with Crippen molar-refractivity contribution in [3.63, 3.8) is 0 Å². The number of urea groups is 1. The van der Waals surface area contributed by atoms with Gasteiger partial charge >= 0.3 is 6.03 Å². The Bertz CT molecular complexity index is 542. The van der Waals surface area contributed by atoms with Crippen LogP contribution in [0.3, 0.4) is 0 Å². The molecule has 5 nitrogen and oxygen atoms in total. The van der Waals surface area contributed by atoms with Crippen LogP contribution in [-0.4, -0.2) is 23.8 Å². The van der Waals surface area contributed by atoms with E-state index in [9.17, 15) is 4.79 Å². The van der Waals surface area contributed by atoms with Crippen molar-refractivity contribution in [3.05, 3.63) is 41.5 Å². The molecule has 1 aromatic rings. The lowest BCUT2D eigenvalue weighted by atomic mass is 10.1. The second-order valence-corrected chi connectivity index (χ2v) is 5.24. The Morgan fingerprint density at radius 1 is 1.30 bits per heavy atom. The number of benzene rings is 1. The highest BCUT2D eigenvalue weighted by Crippen LogP contribution is 2.23. The molecular weight excluding hydrogens is 256 g/mol. The quantitative estimate of drug-likeness (QED) is 0.736. The second-order valence-electron chi connectivity index (χ2n) is 5.24. The van der Waals surface area contributed by atoms with Crippen LogP contribution in [-0.2, 0) is 18.0 Å². The number of nitrogens with one attached hydrogen (secondary N) is 2. The number of hydrogen-bond acceptors (Lipinski definition) is 3. The van der Waals surface area contributed by atoms with E-state index in [-0.39, 0.29) is 24.6 Å². The summed E-state index contributed by atoms with van der Waals surface area (Å²) in [6, 6.07) is 5.58. The Morgan fingerprint density at radius 2 is 2.15 bits per heavy atom. The van der Waals surface area contributed by atoms with E-state index < -0.39 is 0 Å². The molecule has 5 heteroatoms. The number of anilines is 1.